The SMILES string of the molecule is CC(O)(CCCC(F)(F)F)c1cc2cccc(Cl)c2o1. The third-order valence-corrected chi connectivity index (χ3v) is 3.45. The Labute approximate surface area is 119 Å². The molecule has 110 valence electrons. The minimum absolute atomic E-state index is 0.0377. The van der Waals surface area contributed by atoms with Crippen LogP contribution >= 0.6 is 11.6 Å². The topological polar surface area (TPSA) is 33.4 Å². The fourth-order valence-corrected chi connectivity index (χ4v) is 2.27. The van der Waals surface area contributed by atoms with E-state index in [1.807, 2.05) is 0 Å². The summed E-state index contributed by atoms with van der Waals surface area (Å²) >= 11 is 5.96. The zero-order valence-corrected chi connectivity index (χ0v) is 11.6. The monoisotopic (exact) mass is 306 g/mol. The van der Waals surface area contributed by atoms with Gasteiger partial charge in [-0.2, -0.15) is 13.2 Å². The van der Waals surface area contributed by atoms with E-state index >= 15 is 0 Å². The lowest BCUT2D eigenvalue weighted by Gasteiger charge is -2.20. The van der Waals surface area contributed by atoms with Gasteiger partial charge in [-0.3, -0.25) is 0 Å². The summed E-state index contributed by atoms with van der Waals surface area (Å²) in [4.78, 5) is 0. The molecule has 2 aromatic rings. The van der Waals surface area contributed by atoms with Crippen molar-refractivity contribution in [1.29, 1.82) is 0 Å². The van der Waals surface area contributed by atoms with E-state index in [0.717, 1.165) is 0 Å². The lowest BCUT2D eigenvalue weighted by atomic mass is 9.96. The Hall–Kier alpha value is -1.20. The number of aliphatic hydroxyl groups is 1. The number of hydrogen-bond donors (Lipinski definition) is 1. The second kappa shape index (κ2) is 5.30. The van der Waals surface area contributed by atoms with Crippen LogP contribution in [0.4, 0.5) is 13.2 Å². The quantitative estimate of drug-likeness (QED) is 0.859. The van der Waals surface area contributed by atoms with Crippen molar-refractivity contribution in [3.05, 3.63) is 35.0 Å². The molecule has 0 saturated heterocycles. The highest BCUT2D eigenvalue weighted by atomic mass is 35.5. The maximum absolute atomic E-state index is 12.1. The predicted octanol–water partition coefficient (Wildman–Crippen LogP) is 5.03. The summed E-state index contributed by atoms with van der Waals surface area (Å²) in [7, 11) is 0. The van der Waals surface area contributed by atoms with Crippen LogP contribution < -0.4 is 0 Å². The zero-order valence-electron chi connectivity index (χ0n) is 10.8. The molecule has 0 saturated carbocycles. The third-order valence-electron chi connectivity index (χ3n) is 3.15. The van der Waals surface area contributed by atoms with Crippen molar-refractivity contribution in [1.82, 2.24) is 0 Å². The molecule has 2 nitrogen and oxygen atoms in total. The first-order valence-corrected chi connectivity index (χ1v) is 6.54. The van der Waals surface area contributed by atoms with Crippen molar-refractivity contribution in [2.24, 2.45) is 0 Å². The van der Waals surface area contributed by atoms with Crippen molar-refractivity contribution in [2.45, 2.75) is 38.0 Å². The number of hydrogen-bond acceptors (Lipinski definition) is 2. The maximum atomic E-state index is 12.1. The van der Waals surface area contributed by atoms with Crippen LogP contribution in [0.5, 0.6) is 0 Å². The van der Waals surface area contributed by atoms with Crippen molar-refractivity contribution in [2.75, 3.05) is 0 Å². The van der Waals surface area contributed by atoms with Gasteiger partial charge in [-0.05, 0) is 31.9 Å². The minimum Gasteiger partial charge on any atom is -0.456 e. The molecular formula is C14H14ClF3O2. The third kappa shape index (κ3) is 3.46. The predicted molar refractivity (Wildman–Crippen MR) is 70.7 cm³/mol. The average molecular weight is 307 g/mol. The maximum Gasteiger partial charge on any atom is 0.389 e. The fraction of sp³-hybridized carbons (Fsp3) is 0.429. The van der Waals surface area contributed by atoms with E-state index < -0.39 is 18.2 Å². The van der Waals surface area contributed by atoms with Gasteiger partial charge in [-0.1, -0.05) is 23.7 Å². The Morgan fingerprint density at radius 2 is 1.95 bits per heavy atom. The first-order valence-electron chi connectivity index (χ1n) is 6.17. The van der Waals surface area contributed by atoms with E-state index in [0.29, 0.717) is 16.0 Å². The Bertz CT molecular complexity index is 602. The largest absolute Gasteiger partial charge is 0.456 e. The number of halogens is 4. The summed E-state index contributed by atoms with van der Waals surface area (Å²) < 4.78 is 41.9. The highest BCUT2D eigenvalue weighted by Crippen LogP contribution is 2.35. The van der Waals surface area contributed by atoms with Gasteiger partial charge in [0, 0.05) is 11.8 Å². The van der Waals surface area contributed by atoms with Crippen LogP contribution in [0.3, 0.4) is 0 Å². The smallest absolute Gasteiger partial charge is 0.389 e. The molecule has 1 aromatic carbocycles. The number of fused-ring (bicyclic) bond motifs is 1. The second-order valence-corrected chi connectivity index (χ2v) is 5.42. The van der Waals surface area contributed by atoms with Crippen LogP contribution in [0.15, 0.2) is 28.7 Å². The molecule has 0 bridgehead atoms. The second-order valence-electron chi connectivity index (χ2n) is 5.01. The van der Waals surface area contributed by atoms with Gasteiger partial charge < -0.3 is 9.52 Å². The molecule has 1 aromatic heterocycles. The van der Waals surface area contributed by atoms with Gasteiger partial charge in [-0.25, -0.2) is 0 Å². The van der Waals surface area contributed by atoms with Crippen LogP contribution in [-0.2, 0) is 5.60 Å². The molecule has 0 amide bonds. The Morgan fingerprint density at radius 1 is 1.25 bits per heavy atom. The molecule has 6 heteroatoms. The van der Waals surface area contributed by atoms with E-state index in [4.69, 9.17) is 16.0 Å². The average Bonchev–Trinajstić information content (AvgIpc) is 2.73. The molecule has 2 rings (SSSR count). The van der Waals surface area contributed by atoms with Crippen LogP contribution in [-0.4, -0.2) is 11.3 Å². The van der Waals surface area contributed by atoms with Crippen LogP contribution in [0.2, 0.25) is 5.02 Å². The summed E-state index contributed by atoms with van der Waals surface area (Å²) in [5, 5.41) is 11.4. The summed E-state index contributed by atoms with van der Waals surface area (Å²) in [6.07, 6.45) is -5.34. The lowest BCUT2D eigenvalue weighted by molar-refractivity contribution is -0.138. The minimum atomic E-state index is -4.22. The molecule has 1 atom stereocenters. The van der Waals surface area contributed by atoms with Gasteiger partial charge in [0.2, 0.25) is 0 Å². The van der Waals surface area contributed by atoms with E-state index in [1.165, 1.54) is 6.92 Å². The molecule has 0 fully saturated rings. The van der Waals surface area contributed by atoms with E-state index in [9.17, 15) is 18.3 Å². The van der Waals surface area contributed by atoms with Crippen LogP contribution in [0.25, 0.3) is 11.0 Å². The van der Waals surface area contributed by atoms with Gasteiger partial charge in [0.15, 0.2) is 5.58 Å². The highest BCUT2D eigenvalue weighted by molar-refractivity contribution is 6.34. The number of furan rings is 1. The summed E-state index contributed by atoms with van der Waals surface area (Å²) in [5.74, 6) is 0.225. The molecular weight excluding hydrogens is 293 g/mol. The Balaban J connectivity index is 2.17. The summed E-state index contributed by atoms with van der Waals surface area (Å²) in [5.41, 5.74) is -1.02. The summed E-state index contributed by atoms with van der Waals surface area (Å²) in [6, 6.07) is 6.76. The molecule has 1 heterocycles. The molecule has 0 spiro atoms. The zero-order chi connectivity index (χ0) is 15.0. The van der Waals surface area contributed by atoms with Gasteiger partial charge in [-0.15, -0.1) is 0 Å². The number of benzene rings is 1. The van der Waals surface area contributed by atoms with Crippen LogP contribution in [0, 0.1) is 0 Å². The normalized spacial score (nSPS) is 15.5. The molecule has 0 aliphatic heterocycles. The standard InChI is InChI=1S/C14H14ClF3O2/c1-13(19,6-3-7-14(16,17)18)11-8-9-4-2-5-10(15)12(9)20-11/h2,4-5,8,19H,3,6-7H2,1H3. The van der Waals surface area contributed by atoms with Gasteiger partial charge in [0.1, 0.15) is 11.4 Å². The van der Waals surface area contributed by atoms with E-state index in [-0.39, 0.29) is 18.6 Å². The number of para-hydroxylation sites is 1. The highest BCUT2D eigenvalue weighted by Gasteiger charge is 2.31. The lowest BCUT2D eigenvalue weighted by Crippen LogP contribution is -2.21. The van der Waals surface area contributed by atoms with Gasteiger partial charge in [0.05, 0.1) is 5.02 Å². The molecule has 1 N–H and O–H groups in total. The first-order chi connectivity index (χ1) is 9.19. The fourth-order valence-electron chi connectivity index (χ4n) is 2.05. The summed E-state index contributed by atoms with van der Waals surface area (Å²) in [6.45, 7) is 1.44. The van der Waals surface area contributed by atoms with Gasteiger partial charge in [0.25, 0.3) is 0 Å². The number of alkyl halides is 3. The Morgan fingerprint density at radius 3 is 2.55 bits per heavy atom. The molecule has 20 heavy (non-hydrogen) atoms. The van der Waals surface area contributed by atoms with Crippen molar-refractivity contribution >= 4 is 22.6 Å². The van der Waals surface area contributed by atoms with Crippen molar-refractivity contribution < 1.29 is 22.7 Å². The Kier molecular flexibility index (Phi) is 4.02. The van der Waals surface area contributed by atoms with Crippen molar-refractivity contribution in [3.63, 3.8) is 0 Å². The van der Waals surface area contributed by atoms with E-state index in [1.54, 1.807) is 24.3 Å². The molecule has 0 aliphatic rings. The number of rotatable bonds is 4. The molecule has 0 radical (unpaired) electrons. The first kappa shape index (κ1) is 15.2. The molecule has 0 aliphatic carbocycles. The van der Waals surface area contributed by atoms with Crippen LogP contribution in [0.1, 0.15) is 31.9 Å². The van der Waals surface area contributed by atoms with Crippen molar-refractivity contribution in [3.8, 4) is 0 Å². The van der Waals surface area contributed by atoms with E-state index in [2.05, 4.69) is 0 Å². The van der Waals surface area contributed by atoms with Gasteiger partial charge >= 0.3 is 6.18 Å². The molecule has 1 unspecified atom stereocenters.